The smallest absolute Gasteiger partial charge is 0.256 e. The molecule has 2 amide bonds. The highest BCUT2D eigenvalue weighted by Gasteiger charge is 2.54. The Balaban J connectivity index is 1.40. The summed E-state index contributed by atoms with van der Waals surface area (Å²) >= 11 is 0. The van der Waals surface area contributed by atoms with Gasteiger partial charge in [-0.3, -0.25) is 14.9 Å². The number of piperidine rings is 1. The lowest BCUT2D eigenvalue weighted by atomic mass is 9.81. The third-order valence-corrected chi connectivity index (χ3v) is 6.25. The number of hydrogen-bond acceptors (Lipinski definition) is 4. The lowest BCUT2D eigenvalue weighted by molar-refractivity contribution is -0.142. The molecule has 1 unspecified atom stereocenters. The quantitative estimate of drug-likeness (QED) is 0.748. The van der Waals surface area contributed by atoms with Crippen LogP contribution in [-0.4, -0.2) is 46.1 Å². The maximum absolute atomic E-state index is 12.6. The van der Waals surface area contributed by atoms with Crippen LogP contribution in [0.4, 0.5) is 0 Å². The van der Waals surface area contributed by atoms with Crippen LogP contribution in [0, 0.1) is 0 Å². The van der Waals surface area contributed by atoms with E-state index in [4.69, 9.17) is 0 Å². The van der Waals surface area contributed by atoms with Crippen LogP contribution in [0.1, 0.15) is 56.6 Å². The number of nitrogens with one attached hydrogen (secondary N) is 2. The molecule has 1 aromatic rings. The molecule has 2 spiro atoms. The second-order valence-electron chi connectivity index (χ2n) is 7.94. The third kappa shape index (κ3) is 3.01. The zero-order chi connectivity index (χ0) is 18.2. The van der Waals surface area contributed by atoms with Gasteiger partial charge in [0.25, 0.3) is 5.91 Å². The highest BCUT2D eigenvalue weighted by molar-refractivity contribution is 5.89. The van der Waals surface area contributed by atoms with Crippen LogP contribution in [0.15, 0.2) is 30.3 Å². The zero-order valence-electron chi connectivity index (χ0n) is 15.0. The molecule has 140 valence electrons. The monoisotopic (exact) mass is 357 g/mol. The summed E-state index contributed by atoms with van der Waals surface area (Å²) < 4.78 is 0. The third-order valence-electron chi connectivity index (χ3n) is 6.25. The fraction of sp³-hybridized carbons (Fsp3) is 0.600. The van der Waals surface area contributed by atoms with E-state index in [1.54, 1.807) is 17.0 Å². The molecule has 3 fully saturated rings. The molecule has 1 aliphatic carbocycles. The second kappa shape index (κ2) is 6.67. The molecule has 1 saturated carbocycles. The summed E-state index contributed by atoms with van der Waals surface area (Å²) in [5.74, 6) is -0.135. The molecule has 1 atom stereocenters. The first-order valence-corrected chi connectivity index (χ1v) is 9.67. The van der Waals surface area contributed by atoms with Crippen LogP contribution >= 0.6 is 0 Å². The first-order chi connectivity index (χ1) is 12.5. The molecule has 4 rings (SSSR count). The normalized spacial score (nSPS) is 25.3. The molecule has 2 heterocycles. The van der Waals surface area contributed by atoms with Gasteiger partial charge in [0.15, 0.2) is 6.10 Å². The van der Waals surface area contributed by atoms with E-state index in [9.17, 15) is 14.7 Å². The van der Waals surface area contributed by atoms with Crippen LogP contribution in [0.5, 0.6) is 0 Å². The molecule has 0 bridgehead atoms. The average Bonchev–Trinajstić information content (AvgIpc) is 2.93. The van der Waals surface area contributed by atoms with Crippen LogP contribution < -0.4 is 10.6 Å². The van der Waals surface area contributed by atoms with Gasteiger partial charge in [0.2, 0.25) is 5.91 Å². The lowest BCUT2D eigenvalue weighted by Gasteiger charge is -2.41. The van der Waals surface area contributed by atoms with Crippen molar-refractivity contribution in [2.75, 3.05) is 13.1 Å². The number of aliphatic hydroxyl groups excluding tert-OH is 1. The Morgan fingerprint density at radius 2 is 1.69 bits per heavy atom. The number of rotatable bonds is 2. The van der Waals surface area contributed by atoms with E-state index in [-0.39, 0.29) is 11.8 Å². The minimum atomic E-state index is -1.12. The Morgan fingerprint density at radius 3 is 2.35 bits per heavy atom. The van der Waals surface area contributed by atoms with Crippen molar-refractivity contribution in [3.05, 3.63) is 35.9 Å². The summed E-state index contributed by atoms with van der Waals surface area (Å²) in [6.07, 6.45) is 5.40. The van der Waals surface area contributed by atoms with Gasteiger partial charge >= 0.3 is 0 Å². The Bertz CT molecular complexity index is 677. The van der Waals surface area contributed by atoms with E-state index < -0.39 is 17.3 Å². The first kappa shape index (κ1) is 17.5. The molecule has 3 aliphatic rings. The maximum atomic E-state index is 12.6. The summed E-state index contributed by atoms with van der Waals surface area (Å²) in [5, 5.41) is 17.2. The molecule has 26 heavy (non-hydrogen) atoms. The average molecular weight is 357 g/mol. The summed E-state index contributed by atoms with van der Waals surface area (Å²) in [6.45, 7) is 1.07. The molecule has 0 aromatic heterocycles. The molecule has 2 saturated heterocycles. The van der Waals surface area contributed by atoms with Gasteiger partial charge in [0.1, 0.15) is 0 Å². The van der Waals surface area contributed by atoms with E-state index in [0.717, 1.165) is 25.7 Å². The van der Waals surface area contributed by atoms with Gasteiger partial charge in [-0.05, 0) is 18.4 Å². The lowest BCUT2D eigenvalue weighted by Crippen LogP contribution is -2.60. The Hall–Kier alpha value is -1.92. The first-order valence-electron chi connectivity index (χ1n) is 9.67. The minimum Gasteiger partial charge on any atom is -0.378 e. The van der Waals surface area contributed by atoms with Crippen LogP contribution in [0.2, 0.25) is 0 Å². The van der Waals surface area contributed by atoms with E-state index in [2.05, 4.69) is 10.6 Å². The van der Waals surface area contributed by atoms with Gasteiger partial charge in [-0.2, -0.15) is 0 Å². The highest BCUT2D eigenvalue weighted by Crippen LogP contribution is 2.37. The fourth-order valence-electron chi connectivity index (χ4n) is 4.70. The Morgan fingerprint density at radius 1 is 1.04 bits per heavy atom. The summed E-state index contributed by atoms with van der Waals surface area (Å²) in [5.41, 5.74) is -0.192. The van der Waals surface area contributed by atoms with Crippen molar-refractivity contribution in [1.82, 2.24) is 15.5 Å². The molecular formula is C20H27N3O3. The van der Waals surface area contributed by atoms with Crippen molar-refractivity contribution >= 4 is 11.8 Å². The predicted octanol–water partition coefficient (Wildman–Crippen LogP) is 1.46. The number of amides is 2. The van der Waals surface area contributed by atoms with Gasteiger partial charge < -0.3 is 15.3 Å². The number of hydrogen-bond donors (Lipinski definition) is 3. The van der Waals surface area contributed by atoms with Crippen LogP contribution in [0.3, 0.4) is 0 Å². The van der Waals surface area contributed by atoms with Crippen LogP contribution in [-0.2, 0) is 9.59 Å². The van der Waals surface area contributed by atoms with Crippen molar-refractivity contribution in [3.63, 3.8) is 0 Å². The zero-order valence-corrected chi connectivity index (χ0v) is 15.0. The number of nitrogens with zero attached hydrogens (tertiary/aromatic N) is 1. The fourth-order valence-corrected chi connectivity index (χ4v) is 4.70. The summed E-state index contributed by atoms with van der Waals surface area (Å²) in [7, 11) is 0. The topological polar surface area (TPSA) is 81.7 Å². The molecule has 1 aromatic carbocycles. The molecule has 0 radical (unpaired) electrons. The summed E-state index contributed by atoms with van der Waals surface area (Å²) in [6, 6.07) is 9.03. The maximum Gasteiger partial charge on any atom is 0.256 e. The van der Waals surface area contributed by atoms with Crippen molar-refractivity contribution in [1.29, 1.82) is 0 Å². The van der Waals surface area contributed by atoms with Gasteiger partial charge in [0, 0.05) is 25.9 Å². The highest BCUT2D eigenvalue weighted by atomic mass is 16.3. The molecule has 6 nitrogen and oxygen atoms in total. The van der Waals surface area contributed by atoms with E-state index in [0.29, 0.717) is 31.5 Å². The van der Waals surface area contributed by atoms with E-state index >= 15 is 0 Å². The number of carbonyl (C=O) groups excluding carboxylic acids is 2. The van der Waals surface area contributed by atoms with E-state index in [1.165, 1.54) is 6.42 Å². The minimum absolute atomic E-state index is 0.126. The second-order valence-corrected chi connectivity index (χ2v) is 7.94. The largest absolute Gasteiger partial charge is 0.378 e. The molecule has 3 N–H and O–H groups in total. The molecule has 6 heteroatoms. The van der Waals surface area contributed by atoms with Gasteiger partial charge in [-0.1, -0.05) is 49.6 Å². The standard InChI is InChI=1S/C20H27N3O3/c24-16(15-7-3-1-4-8-15)17(25)23-13-11-20(12-14-23)21-18(26)19(22-20)9-5-2-6-10-19/h1,3-4,7-8,16,22,24H,2,5-6,9-14H2,(H,21,26). The van der Waals surface area contributed by atoms with Gasteiger partial charge in [-0.15, -0.1) is 0 Å². The van der Waals surface area contributed by atoms with Crippen molar-refractivity contribution in [2.24, 2.45) is 0 Å². The van der Waals surface area contributed by atoms with Crippen molar-refractivity contribution < 1.29 is 14.7 Å². The van der Waals surface area contributed by atoms with Crippen molar-refractivity contribution in [3.8, 4) is 0 Å². The predicted molar refractivity (Wildman–Crippen MR) is 97.0 cm³/mol. The molecular weight excluding hydrogens is 330 g/mol. The van der Waals surface area contributed by atoms with Gasteiger partial charge in [0.05, 0.1) is 11.2 Å². The Kier molecular flexibility index (Phi) is 4.49. The Labute approximate surface area is 153 Å². The number of carbonyl (C=O) groups is 2. The van der Waals surface area contributed by atoms with Crippen LogP contribution in [0.25, 0.3) is 0 Å². The van der Waals surface area contributed by atoms with E-state index in [1.807, 2.05) is 18.2 Å². The summed E-state index contributed by atoms with van der Waals surface area (Å²) in [4.78, 5) is 27.0. The van der Waals surface area contributed by atoms with Crippen molar-refractivity contribution in [2.45, 2.75) is 62.3 Å². The number of aliphatic hydroxyl groups is 1. The SMILES string of the molecule is O=C(C(O)c1ccccc1)N1CCC2(CC1)NC(=O)C1(CCCCC1)N2. The van der Waals surface area contributed by atoms with Gasteiger partial charge in [-0.25, -0.2) is 0 Å². The molecule has 2 aliphatic heterocycles. The number of likely N-dealkylation sites (tertiary alicyclic amines) is 1. The number of benzene rings is 1.